The van der Waals surface area contributed by atoms with E-state index < -0.39 is 0 Å². The van der Waals surface area contributed by atoms with E-state index in [0.29, 0.717) is 4.58 Å². The van der Waals surface area contributed by atoms with E-state index in [1.54, 1.807) is 0 Å². The van der Waals surface area contributed by atoms with Gasteiger partial charge in [-0.2, -0.15) is 12.6 Å². The highest BCUT2D eigenvalue weighted by Gasteiger charge is 1.92. The van der Waals surface area contributed by atoms with Crippen LogP contribution in [-0.4, -0.2) is 10.3 Å². The maximum atomic E-state index is 4.26. The third kappa shape index (κ3) is 8.70. The molecule has 0 saturated heterocycles. The van der Waals surface area contributed by atoms with Crippen LogP contribution in [0.4, 0.5) is 0 Å². The number of thioether (sulfide) groups is 1. The molecule has 0 aromatic rings. The Morgan fingerprint density at radius 3 is 2.56 bits per heavy atom. The van der Waals surface area contributed by atoms with Crippen molar-refractivity contribution < 1.29 is 0 Å². The number of hydrogen-bond acceptors (Lipinski definition) is 2. The van der Waals surface area contributed by atoms with Crippen molar-refractivity contribution >= 4 is 24.4 Å². The highest BCUT2D eigenvalue weighted by molar-refractivity contribution is 8.10. The lowest BCUT2D eigenvalue weighted by atomic mass is 10.3. The minimum Gasteiger partial charge on any atom is -0.165 e. The average molecular weight is 164 g/mol. The van der Waals surface area contributed by atoms with E-state index in [0.717, 1.165) is 0 Å². The van der Waals surface area contributed by atoms with Crippen molar-refractivity contribution in [3.63, 3.8) is 0 Å². The molecule has 2 heteroatoms. The first-order valence-corrected chi connectivity index (χ1v) is 5.13. The summed E-state index contributed by atoms with van der Waals surface area (Å²) in [5, 5.41) is 0. The van der Waals surface area contributed by atoms with Gasteiger partial charge >= 0.3 is 0 Å². The number of hydrogen-bond donors (Lipinski definition) is 1. The Balaban J connectivity index is 2.75. The summed E-state index contributed by atoms with van der Waals surface area (Å²) in [4.78, 5) is 0. The smallest absolute Gasteiger partial charge is 0.0444 e. The van der Waals surface area contributed by atoms with Crippen molar-refractivity contribution in [2.24, 2.45) is 0 Å². The Labute approximate surface area is 68.2 Å². The summed E-state index contributed by atoms with van der Waals surface area (Å²) in [6, 6.07) is 0. The van der Waals surface area contributed by atoms with Crippen molar-refractivity contribution in [1.82, 2.24) is 0 Å². The van der Waals surface area contributed by atoms with E-state index in [4.69, 9.17) is 0 Å². The molecule has 0 aromatic carbocycles. The topological polar surface area (TPSA) is 0 Å². The second-order valence-electron chi connectivity index (χ2n) is 2.18. The molecule has 0 aliphatic rings. The quantitative estimate of drug-likeness (QED) is 0.370. The largest absolute Gasteiger partial charge is 0.165 e. The molecule has 1 atom stereocenters. The van der Waals surface area contributed by atoms with Crippen molar-refractivity contribution in [3.05, 3.63) is 0 Å². The Hall–Kier alpha value is 0.700. The van der Waals surface area contributed by atoms with Gasteiger partial charge in [0.15, 0.2) is 0 Å². The Bertz CT molecular complexity index is 52.9. The van der Waals surface area contributed by atoms with Crippen LogP contribution in [0.1, 0.15) is 33.1 Å². The van der Waals surface area contributed by atoms with Gasteiger partial charge in [0.2, 0.25) is 0 Å². The van der Waals surface area contributed by atoms with Gasteiger partial charge in [-0.3, -0.25) is 0 Å². The molecule has 0 nitrogen and oxygen atoms in total. The van der Waals surface area contributed by atoms with Crippen LogP contribution in [0.25, 0.3) is 0 Å². The van der Waals surface area contributed by atoms with Crippen molar-refractivity contribution in [3.8, 4) is 0 Å². The molecule has 0 amide bonds. The molecule has 9 heavy (non-hydrogen) atoms. The lowest BCUT2D eigenvalue weighted by Gasteiger charge is -2.01. The predicted octanol–water partition coefficient (Wildman–Crippen LogP) is 3.19. The summed E-state index contributed by atoms with van der Waals surface area (Å²) in [7, 11) is 0. The first kappa shape index (κ1) is 9.70. The van der Waals surface area contributed by atoms with Gasteiger partial charge in [-0.1, -0.05) is 19.8 Å². The molecule has 1 unspecified atom stereocenters. The molecule has 0 heterocycles. The zero-order valence-corrected chi connectivity index (χ0v) is 7.97. The Morgan fingerprint density at radius 1 is 1.44 bits per heavy atom. The van der Waals surface area contributed by atoms with Crippen molar-refractivity contribution in [2.45, 2.75) is 37.7 Å². The van der Waals surface area contributed by atoms with E-state index in [-0.39, 0.29) is 0 Å². The number of rotatable bonds is 5. The zero-order valence-electron chi connectivity index (χ0n) is 6.26. The molecule has 0 aromatic heterocycles. The minimum absolute atomic E-state index is 0.516. The van der Waals surface area contributed by atoms with E-state index >= 15 is 0 Å². The molecule has 0 bridgehead atoms. The third-order valence-corrected chi connectivity index (χ3v) is 2.56. The molecule has 0 radical (unpaired) electrons. The number of thiol groups is 1. The zero-order chi connectivity index (χ0) is 7.11. The monoisotopic (exact) mass is 164 g/mol. The summed E-state index contributed by atoms with van der Waals surface area (Å²) in [6.07, 6.45) is 4.04. The SMILES string of the molecule is CCCCCSC(C)S. The van der Waals surface area contributed by atoms with Crippen LogP contribution < -0.4 is 0 Å². The molecule has 0 fully saturated rings. The molecule has 0 aliphatic carbocycles. The predicted molar refractivity (Wildman–Crippen MR) is 50.4 cm³/mol. The second kappa shape index (κ2) is 6.81. The third-order valence-electron chi connectivity index (χ3n) is 1.11. The molecule has 0 saturated carbocycles. The van der Waals surface area contributed by atoms with Crippen molar-refractivity contribution in [2.75, 3.05) is 5.75 Å². The van der Waals surface area contributed by atoms with Gasteiger partial charge in [0.05, 0.1) is 0 Å². The maximum Gasteiger partial charge on any atom is 0.0444 e. The van der Waals surface area contributed by atoms with Crippen molar-refractivity contribution in [1.29, 1.82) is 0 Å². The maximum absolute atomic E-state index is 4.26. The van der Waals surface area contributed by atoms with E-state index in [1.165, 1.54) is 25.0 Å². The summed E-state index contributed by atoms with van der Waals surface area (Å²) in [6.45, 7) is 4.36. The van der Waals surface area contributed by atoms with Gasteiger partial charge in [-0.15, -0.1) is 11.8 Å². The van der Waals surface area contributed by atoms with Crippen LogP contribution in [-0.2, 0) is 0 Å². The highest BCUT2D eigenvalue weighted by Crippen LogP contribution is 2.15. The van der Waals surface area contributed by atoms with E-state index in [1.807, 2.05) is 11.8 Å². The van der Waals surface area contributed by atoms with Crippen LogP contribution >= 0.6 is 24.4 Å². The number of unbranched alkanes of at least 4 members (excludes halogenated alkanes) is 2. The Morgan fingerprint density at radius 2 is 2.11 bits per heavy atom. The van der Waals surface area contributed by atoms with Gasteiger partial charge in [-0.25, -0.2) is 0 Å². The first-order chi connectivity index (χ1) is 4.27. The summed E-state index contributed by atoms with van der Waals surface area (Å²) >= 11 is 6.20. The molecule has 0 N–H and O–H groups in total. The second-order valence-corrected chi connectivity index (χ2v) is 4.75. The lowest BCUT2D eigenvalue weighted by molar-refractivity contribution is 0.778. The standard InChI is InChI=1S/C7H16S2/c1-3-4-5-6-9-7(2)8/h7-8H,3-6H2,1-2H3. The molecule has 0 aliphatic heterocycles. The molecule has 0 spiro atoms. The molecular formula is C7H16S2. The molecule has 56 valence electrons. The van der Waals surface area contributed by atoms with E-state index in [2.05, 4.69) is 26.5 Å². The van der Waals surface area contributed by atoms with Crippen LogP contribution in [0.2, 0.25) is 0 Å². The lowest BCUT2D eigenvalue weighted by Crippen LogP contribution is -1.85. The normalized spacial score (nSPS) is 13.7. The van der Waals surface area contributed by atoms with Gasteiger partial charge in [0, 0.05) is 4.58 Å². The average Bonchev–Trinajstić information content (AvgIpc) is 1.80. The summed E-state index contributed by atoms with van der Waals surface area (Å²) < 4.78 is 0.516. The fourth-order valence-corrected chi connectivity index (χ4v) is 1.63. The van der Waals surface area contributed by atoms with Gasteiger partial charge in [0.25, 0.3) is 0 Å². The van der Waals surface area contributed by atoms with Crippen LogP contribution in [0.15, 0.2) is 0 Å². The van der Waals surface area contributed by atoms with E-state index in [9.17, 15) is 0 Å². The Kier molecular flexibility index (Phi) is 7.34. The minimum atomic E-state index is 0.516. The van der Waals surface area contributed by atoms with Gasteiger partial charge < -0.3 is 0 Å². The molecule has 0 rings (SSSR count). The highest BCUT2D eigenvalue weighted by atomic mass is 32.2. The van der Waals surface area contributed by atoms with Crippen LogP contribution in [0.5, 0.6) is 0 Å². The first-order valence-electron chi connectivity index (χ1n) is 3.57. The summed E-state index contributed by atoms with van der Waals surface area (Å²) in [5.74, 6) is 1.28. The fraction of sp³-hybridized carbons (Fsp3) is 1.00. The van der Waals surface area contributed by atoms with Crippen LogP contribution in [0.3, 0.4) is 0 Å². The van der Waals surface area contributed by atoms with Gasteiger partial charge in [0.1, 0.15) is 0 Å². The molecular weight excluding hydrogens is 148 g/mol. The van der Waals surface area contributed by atoms with Crippen LogP contribution in [0, 0.1) is 0 Å². The van der Waals surface area contributed by atoms with Gasteiger partial charge in [-0.05, 0) is 19.1 Å². The summed E-state index contributed by atoms with van der Waals surface area (Å²) in [5.41, 5.74) is 0. The fourth-order valence-electron chi connectivity index (χ4n) is 0.606.